The van der Waals surface area contributed by atoms with E-state index in [1.54, 1.807) is 13.0 Å². The Labute approximate surface area is 84.0 Å². The van der Waals surface area contributed by atoms with E-state index >= 15 is 0 Å². The van der Waals surface area contributed by atoms with Crippen molar-refractivity contribution in [1.29, 1.82) is 0 Å². The van der Waals surface area contributed by atoms with Gasteiger partial charge in [-0.1, -0.05) is 13.0 Å². The average molecular weight is 199 g/mol. The molecule has 14 heavy (non-hydrogen) atoms. The minimum Gasteiger partial charge on any atom is -0.481 e. The summed E-state index contributed by atoms with van der Waals surface area (Å²) in [4.78, 5) is 21.6. The van der Waals surface area contributed by atoms with Crippen LogP contribution >= 0.6 is 0 Å². The lowest BCUT2D eigenvalue weighted by Gasteiger charge is -2.11. The van der Waals surface area contributed by atoms with Gasteiger partial charge in [-0.2, -0.15) is 0 Å². The number of carbonyl (C=O) groups excluding carboxylic acids is 1. The van der Waals surface area contributed by atoms with Gasteiger partial charge in [-0.3, -0.25) is 9.59 Å². The van der Waals surface area contributed by atoms with E-state index in [0.717, 1.165) is 0 Å². The van der Waals surface area contributed by atoms with E-state index in [1.165, 1.54) is 0 Å². The third-order valence-corrected chi connectivity index (χ3v) is 1.80. The van der Waals surface area contributed by atoms with E-state index in [0.29, 0.717) is 0 Å². The number of hydrogen-bond donors (Lipinski definition) is 2. The van der Waals surface area contributed by atoms with E-state index in [1.807, 2.05) is 6.92 Å². The topological polar surface area (TPSA) is 66.4 Å². The molecule has 0 aromatic heterocycles. The highest BCUT2D eigenvalue weighted by Crippen LogP contribution is 2.06. The minimum absolute atomic E-state index is 0.0237. The second-order valence-corrected chi connectivity index (χ2v) is 3.50. The molecule has 0 aliphatic heterocycles. The van der Waals surface area contributed by atoms with Gasteiger partial charge in [0, 0.05) is 18.9 Å². The van der Waals surface area contributed by atoms with Crippen LogP contribution in [-0.2, 0) is 9.59 Å². The molecule has 0 aliphatic carbocycles. The van der Waals surface area contributed by atoms with Crippen molar-refractivity contribution in [2.45, 2.75) is 32.7 Å². The second-order valence-electron chi connectivity index (χ2n) is 3.50. The maximum absolute atomic E-state index is 11.3. The molecule has 0 fully saturated rings. The number of carboxylic acids is 1. The highest BCUT2D eigenvalue weighted by atomic mass is 16.4. The molecule has 0 heterocycles. The molecule has 80 valence electrons. The van der Waals surface area contributed by atoms with Crippen LogP contribution in [0.5, 0.6) is 0 Å². The van der Waals surface area contributed by atoms with Crippen LogP contribution in [0.25, 0.3) is 0 Å². The van der Waals surface area contributed by atoms with Gasteiger partial charge < -0.3 is 10.4 Å². The van der Waals surface area contributed by atoms with E-state index in [9.17, 15) is 9.59 Å². The summed E-state index contributed by atoms with van der Waals surface area (Å²) in [6.07, 6.45) is 1.89. The predicted molar refractivity (Wildman–Crippen MR) is 53.8 cm³/mol. The van der Waals surface area contributed by atoms with Crippen LogP contribution in [0.4, 0.5) is 0 Å². The smallest absolute Gasteiger partial charge is 0.303 e. The van der Waals surface area contributed by atoms with Crippen molar-refractivity contribution in [3.05, 3.63) is 12.7 Å². The van der Waals surface area contributed by atoms with E-state index in [4.69, 9.17) is 5.11 Å². The first-order chi connectivity index (χ1) is 6.45. The quantitative estimate of drug-likeness (QED) is 0.631. The average Bonchev–Trinajstić information content (AvgIpc) is 2.01. The van der Waals surface area contributed by atoms with Gasteiger partial charge in [0.1, 0.15) is 0 Å². The van der Waals surface area contributed by atoms with Gasteiger partial charge in [0.15, 0.2) is 0 Å². The first-order valence-corrected chi connectivity index (χ1v) is 4.59. The highest BCUT2D eigenvalue weighted by Gasteiger charge is 2.12. The molecular formula is C10H17NO3. The summed E-state index contributed by atoms with van der Waals surface area (Å²) in [5.41, 5.74) is 0. The molecule has 0 aromatic rings. The lowest BCUT2D eigenvalue weighted by molar-refractivity contribution is -0.138. The Bertz CT molecular complexity index is 225. The lowest BCUT2D eigenvalue weighted by atomic mass is 10.0. The fourth-order valence-electron chi connectivity index (χ4n) is 1.06. The fourth-order valence-corrected chi connectivity index (χ4v) is 1.06. The van der Waals surface area contributed by atoms with Crippen molar-refractivity contribution >= 4 is 11.9 Å². The van der Waals surface area contributed by atoms with Gasteiger partial charge in [0.05, 0.1) is 0 Å². The molecule has 0 saturated carbocycles. The Balaban J connectivity index is 3.81. The third-order valence-electron chi connectivity index (χ3n) is 1.80. The molecule has 4 nitrogen and oxygen atoms in total. The van der Waals surface area contributed by atoms with Crippen LogP contribution in [0.3, 0.4) is 0 Å². The molecule has 2 N–H and O–H groups in total. The minimum atomic E-state index is -0.873. The summed E-state index contributed by atoms with van der Waals surface area (Å²) >= 11 is 0. The summed E-state index contributed by atoms with van der Waals surface area (Å²) in [6.45, 7) is 7.09. The molecule has 0 rings (SSSR count). The third kappa shape index (κ3) is 6.22. The standard InChI is InChI=1S/C10H17NO3/c1-4-8(3)11-9(12)5-7(2)6-10(13)14/h4,7-8H,1,5-6H2,2-3H3,(H,11,12)(H,13,14). The van der Waals surface area contributed by atoms with Crippen LogP contribution < -0.4 is 5.32 Å². The molecule has 0 saturated heterocycles. The molecular weight excluding hydrogens is 182 g/mol. The Hall–Kier alpha value is -1.32. The summed E-state index contributed by atoms with van der Waals surface area (Å²) in [7, 11) is 0. The highest BCUT2D eigenvalue weighted by molar-refractivity contribution is 5.77. The van der Waals surface area contributed by atoms with Crippen LogP contribution in [0, 0.1) is 5.92 Å². The number of carbonyl (C=O) groups is 2. The second kappa shape index (κ2) is 6.18. The number of nitrogens with one attached hydrogen (secondary N) is 1. The largest absolute Gasteiger partial charge is 0.481 e. The van der Waals surface area contributed by atoms with Crippen molar-refractivity contribution in [3.63, 3.8) is 0 Å². The first kappa shape index (κ1) is 12.7. The number of aliphatic carboxylic acids is 1. The summed E-state index contributed by atoms with van der Waals surface area (Å²) in [5.74, 6) is -1.14. The maximum atomic E-state index is 11.3. The first-order valence-electron chi connectivity index (χ1n) is 4.59. The van der Waals surface area contributed by atoms with Crippen molar-refractivity contribution in [2.24, 2.45) is 5.92 Å². The van der Waals surface area contributed by atoms with Gasteiger partial charge in [-0.15, -0.1) is 6.58 Å². The Morgan fingerprint density at radius 1 is 1.43 bits per heavy atom. The number of amides is 1. The van der Waals surface area contributed by atoms with Gasteiger partial charge in [0.2, 0.25) is 5.91 Å². The van der Waals surface area contributed by atoms with Crippen LogP contribution in [-0.4, -0.2) is 23.0 Å². The summed E-state index contributed by atoms with van der Waals surface area (Å²) < 4.78 is 0. The molecule has 0 aliphatic rings. The number of hydrogen-bond acceptors (Lipinski definition) is 2. The zero-order valence-electron chi connectivity index (χ0n) is 8.62. The summed E-state index contributed by atoms with van der Waals surface area (Å²) in [5, 5.41) is 11.2. The van der Waals surface area contributed by atoms with Crippen LogP contribution in [0.1, 0.15) is 26.7 Å². The van der Waals surface area contributed by atoms with Crippen molar-refractivity contribution in [3.8, 4) is 0 Å². The van der Waals surface area contributed by atoms with Crippen molar-refractivity contribution in [1.82, 2.24) is 5.32 Å². The molecule has 2 unspecified atom stereocenters. The summed E-state index contributed by atoms with van der Waals surface area (Å²) in [6, 6.07) is -0.0699. The fraction of sp³-hybridized carbons (Fsp3) is 0.600. The normalized spacial score (nSPS) is 14.1. The Morgan fingerprint density at radius 3 is 2.43 bits per heavy atom. The number of rotatable bonds is 6. The van der Waals surface area contributed by atoms with Crippen LogP contribution in [0.15, 0.2) is 12.7 Å². The predicted octanol–water partition coefficient (Wildman–Crippen LogP) is 1.18. The van der Waals surface area contributed by atoms with Gasteiger partial charge >= 0.3 is 5.97 Å². The molecule has 0 spiro atoms. The molecule has 2 atom stereocenters. The molecule has 0 bridgehead atoms. The van der Waals surface area contributed by atoms with Gasteiger partial charge in [0.25, 0.3) is 0 Å². The zero-order chi connectivity index (χ0) is 11.1. The molecule has 1 amide bonds. The molecule has 4 heteroatoms. The van der Waals surface area contributed by atoms with E-state index < -0.39 is 5.97 Å². The van der Waals surface area contributed by atoms with Crippen molar-refractivity contribution in [2.75, 3.05) is 0 Å². The Kier molecular flexibility index (Phi) is 5.60. The van der Waals surface area contributed by atoms with Gasteiger partial charge in [-0.25, -0.2) is 0 Å². The van der Waals surface area contributed by atoms with Crippen LogP contribution in [0.2, 0.25) is 0 Å². The van der Waals surface area contributed by atoms with Gasteiger partial charge in [-0.05, 0) is 12.8 Å². The molecule has 0 aromatic carbocycles. The number of carboxylic acid groups (broad SMARTS) is 1. The zero-order valence-corrected chi connectivity index (χ0v) is 8.62. The molecule has 0 radical (unpaired) electrons. The Morgan fingerprint density at radius 2 is 2.00 bits per heavy atom. The maximum Gasteiger partial charge on any atom is 0.303 e. The van der Waals surface area contributed by atoms with E-state index in [2.05, 4.69) is 11.9 Å². The van der Waals surface area contributed by atoms with E-state index in [-0.39, 0.29) is 30.7 Å². The monoisotopic (exact) mass is 199 g/mol. The SMILES string of the molecule is C=CC(C)NC(=O)CC(C)CC(=O)O. The van der Waals surface area contributed by atoms with Crippen molar-refractivity contribution < 1.29 is 14.7 Å². The lowest BCUT2D eigenvalue weighted by Crippen LogP contribution is -2.32.